The number of nitrogens with zero attached hydrogens (tertiary/aromatic N) is 3. The molecule has 29 heavy (non-hydrogen) atoms. The Hall–Kier alpha value is -2.25. The summed E-state index contributed by atoms with van der Waals surface area (Å²) in [5.41, 5.74) is 7.75. The SMILES string of the molecule is NC(=O)[C@H]1CCCN(CC(=O)N(Cc2ccccc2)c2nc3c(s2)CCCC3)C1. The molecule has 2 amide bonds. The maximum absolute atomic E-state index is 13.3. The number of anilines is 1. The van der Waals surface area contributed by atoms with Crippen LogP contribution in [0.2, 0.25) is 0 Å². The number of carbonyl (C=O) groups excluding carboxylic acids is 2. The molecule has 1 aromatic heterocycles. The third-order valence-corrected chi connectivity index (χ3v) is 7.00. The van der Waals surface area contributed by atoms with Gasteiger partial charge in [-0.05, 0) is 50.6 Å². The van der Waals surface area contributed by atoms with Crippen molar-refractivity contribution >= 4 is 28.3 Å². The monoisotopic (exact) mass is 412 g/mol. The van der Waals surface area contributed by atoms with Crippen LogP contribution in [0.1, 0.15) is 41.8 Å². The zero-order chi connectivity index (χ0) is 20.2. The minimum atomic E-state index is -0.268. The van der Waals surface area contributed by atoms with Gasteiger partial charge in [0.05, 0.1) is 24.7 Å². The first kappa shape index (κ1) is 20.0. The van der Waals surface area contributed by atoms with E-state index in [4.69, 9.17) is 10.7 Å². The molecule has 0 spiro atoms. The number of piperidine rings is 1. The van der Waals surface area contributed by atoms with Gasteiger partial charge in [0, 0.05) is 11.4 Å². The first-order chi connectivity index (χ1) is 14.1. The molecule has 0 unspecified atom stereocenters. The number of hydrogen-bond acceptors (Lipinski definition) is 5. The molecule has 0 bridgehead atoms. The van der Waals surface area contributed by atoms with Crippen molar-refractivity contribution in [2.45, 2.75) is 45.1 Å². The first-order valence-corrected chi connectivity index (χ1v) is 11.3. The van der Waals surface area contributed by atoms with Crippen LogP contribution >= 0.6 is 11.3 Å². The quantitative estimate of drug-likeness (QED) is 0.791. The number of aromatic nitrogens is 1. The molecule has 2 aliphatic rings. The lowest BCUT2D eigenvalue weighted by atomic mass is 9.97. The van der Waals surface area contributed by atoms with Crippen LogP contribution in [0.4, 0.5) is 5.13 Å². The Balaban J connectivity index is 1.53. The van der Waals surface area contributed by atoms with Gasteiger partial charge in [-0.15, -0.1) is 11.3 Å². The number of likely N-dealkylation sites (tertiary alicyclic amines) is 1. The molecule has 1 aliphatic heterocycles. The highest BCUT2D eigenvalue weighted by Crippen LogP contribution is 2.32. The van der Waals surface area contributed by atoms with Gasteiger partial charge in [0.25, 0.3) is 0 Å². The summed E-state index contributed by atoms with van der Waals surface area (Å²) in [5.74, 6) is -0.396. The van der Waals surface area contributed by atoms with Crippen LogP contribution in [-0.2, 0) is 29.0 Å². The first-order valence-electron chi connectivity index (χ1n) is 10.4. The number of nitrogens with two attached hydrogens (primary N) is 1. The smallest absolute Gasteiger partial charge is 0.243 e. The van der Waals surface area contributed by atoms with Gasteiger partial charge in [-0.25, -0.2) is 4.98 Å². The van der Waals surface area contributed by atoms with Crippen molar-refractivity contribution in [2.24, 2.45) is 11.7 Å². The molecule has 1 aromatic carbocycles. The number of aryl methyl sites for hydroxylation is 2. The Morgan fingerprint density at radius 2 is 1.97 bits per heavy atom. The summed E-state index contributed by atoms with van der Waals surface area (Å²) in [6, 6.07) is 10.0. The van der Waals surface area contributed by atoms with E-state index in [1.165, 1.54) is 17.7 Å². The van der Waals surface area contributed by atoms with Crippen LogP contribution in [0.15, 0.2) is 30.3 Å². The Kier molecular flexibility index (Phi) is 6.25. The molecular formula is C22H28N4O2S. The molecule has 0 radical (unpaired) electrons. The standard InChI is InChI=1S/C22H28N4O2S/c23-21(28)17-9-6-12-25(14-17)15-20(27)26(13-16-7-2-1-3-8-16)22-24-18-10-4-5-11-19(18)29-22/h1-3,7-8,17H,4-6,9-15H2,(H2,23,28)/t17-/m0/s1. The fourth-order valence-corrected chi connectivity index (χ4v) is 5.36. The molecule has 1 saturated heterocycles. The molecule has 0 saturated carbocycles. The minimum absolute atomic E-state index is 0.0325. The van der Waals surface area contributed by atoms with Crippen LogP contribution in [0.3, 0.4) is 0 Å². The van der Waals surface area contributed by atoms with Crippen LogP contribution in [0, 0.1) is 5.92 Å². The fraction of sp³-hybridized carbons (Fsp3) is 0.500. The third kappa shape index (κ3) is 4.85. The highest BCUT2D eigenvalue weighted by atomic mass is 32.1. The fourth-order valence-electron chi connectivity index (χ4n) is 4.19. The summed E-state index contributed by atoms with van der Waals surface area (Å²) in [5, 5.41) is 0.800. The number of carbonyl (C=O) groups is 2. The van der Waals surface area contributed by atoms with E-state index in [0.717, 1.165) is 48.6 Å². The van der Waals surface area contributed by atoms with E-state index in [2.05, 4.69) is 4.90 Å². The highest BCUT2D eigenvalue weighted by Gasteiger charge is 2.28. The number of fused-ring (bicyclic) bond motifs is 1. The van der Waals surface area contributed by atoms with Crippen molar-refractivity contribution < 1.29 is 9.59 Å². The molecule has 1 aliphatic carbocycles. The highest BCUT2D eigenvalue weighted by molar-refractivity contribution is 7.15. The Bertz CT molecular complexity index is 843. The summed E-state index contributed by atoms with van der Waals surface area (Å²) in [6.07, 6.45) is 6.14. The molecule has 1 atom stereocenters. The summed E-state index contributed by atoms with van der Waals surface area (Å²) >= 11 is 1.66. The van der Waals surface area contributed by atoms with Gasteiger partial charge in [-0.1, -0.05) is 30.3 Å². The summed E-state index contributed by atoms with van der Waals surface area (Å²) < 4.78 is 0. The zero-order valence-electron chi connectivity index (χ0n) is 16.7. The summed E-state index contributed by atoms with van der Waals surface area (Å²) in [6.45, 7) is 2.19. The average molecular weight is 413 g/mol. The van der Waals surface area contributed by atoms with E-state index >= 15 is 0 Å². The van der Waals surface area contributed by atoms with E-state index in [1.54, 1.807) is 11.3 Å². The molecule has 154 valence electrons. The number of primary amides is 1. The molecule has 2 aromatic rings. The number of rotatable bonds is 6. The van der Waals surface area contributed by atoms with Crippen molar-refractivity contribution in [3.05, 3.63) is 46.5 Å². The van der Waals surface area contributed by atoms with E-state index in [-0.39, 0.29) is 17.7 Å². The van der Waals surface area contributed by atoms with Crippen molar-refractivity contribution in [2.75, 3.05) is 24.5 Å². The molecule has 2 N–H and O–H groups in total. The second-order valence-corrected chi connectivity index (χ2v) is 9.08. The van der Waals surface area contributed by atoms with Gasteiger partial charge in [-0.3, -0.25) is 19.4 Å². The largest absolute Gasteiger partial charge is 0.369 e. The second-order valence-electron chi connectivity index (χ2n) is 8.02. The predicted molar refractivity (Wildman–Crippen MR) is 115 cm³/mol. The van der Waals surface area contributed by atoms with Crippen LogP contribution in [-0.4, -0.2) is 41.3 Å². The number of benzene rings is 1. The number of hydrogen-bond donors (Lipinski definition) is 1. The maximum atomic E-state index is 13.3. The topological polar surface area (TPSA) is 79.5 Å². The third-order valence-electron chi connectivity index (χ3n) is 5.82. The normalized spacial score (nSPS) is 19.5. The molecular weight excluding hydrogens is 384 g/mol. The molecule has 2 heterocycles. The molecule has 1 fully saturated rings. The zero-order valence-corrected chi connectivity index (χ0v) is 17.5. The average Bonchev–Trinajstić information content (AvgIpc) is 3.16. The predicted octanol–water partition coefficient (Wildman–Crippen LogP) is 2.75. The number of amides is 2. The minimum Gasteiger partial charge on any atom is -0.369 e. The van der Waals surface area contributed by atoms with E-state index in [1.807, 2.05) is 35.2 Å². The summed E-state index contributed by atoms with van der Waals surface area (Å²) in [4.78, 5) is 35.0. The van der Waals surface area contributed by atoms with Crippen molar-refractivity contribution in [1.29, 1.82) is 0 Å². The van der Waals surface area contributed by atoms with Gasteiger partial charge in [0.15, 0.2) is 5.13 Å². The second kappa shape index (κ2) is 9.05. The maximum Gasteiger partial charge on any atom is 0.243 e. The van der Waals surface area contributed by atoms with Crippen LogP contribution in [0.5, 0.6) is 0 Å². The van der Waals surface area contributed by atoms with E-state index in [0.29, 0.717) is 19.6 Å². The van der Waals surface area contributed by atoms with E-state index < -0.39 is 0 Å². The van der Waals surface area contributed by atoms with Gasteiger partial charge < -0.3 is 5.73 Å². The number of thiazole rings is 1. The lowest BCUT2D eigenvalue weighted by Crippen LogP contribution is -2.46. The van der Waals surface area contributed by atoms with Crippen molar-refractivity contribution in [3.8, 4) is 0 Å². The van der Waals surface area contributed by atoms with Gasteiger partial charge in [0.2, 0.25) is 11.8 Å². The van der Waals surface area contributed by atoms with Crippen LogP contribution in [0.25, 0.3) is 0 Å². The van der Waals surface area contributed by atoms with Gasteiger partial charge >= 0.3 is 0 Å². The lowest BCUT2D eigenvalue weighted by Gasteiger charge is -2.32. The lowest BCUT2D eigenvalue weighted by molar-refractivity contribution is -0.125. The van der Waals surface area contributed by atoms with Crippen molar-refractivity contribution in [3.63, 3.8) is 0 Å². The van der Waals surface area contributed by atoms with Crippen LogP contribution < -0.4 is 10.6 Å². The molecule has 6 nitrogen and oxygen atoms in total. The molecule has 4 rings (SSSR count). The Morgan fingerprint density at radius 1 is 1.17 bits per heavy atom. The van der Waals surface area contributed by atoms with E-state index in [9.17, 15) is 9.59 Å². The van der Waals surface area contributed by atoms with Gasteiger partial charge in [0.1, 0.15) is 0 Å². The van der Waals surface area contributed by atoms with Gasteiger partial charge in [-0.2, -0.15) is 0 Å². The Labute approximate surface area is 175 Å². The summed E-state index contributed by atoms with van der Waals surface area (Å²) in [7, 11) is 0. The van der Waals surface area contributed by atoms with Crippen molar-refractivity contribution in [1.82, 2.24) is 9.88 Å². The molecule has 7 heteroatoms. The Morgan fingerprint density at radius 3 is 2.72 bits per heavy atom.